The predicted molar refractivity (Wildman–Crippen MR) is 105 cm³/mol. The Labute approximate surface area is 169 Å². The lowest BCUT2D eigenvalue weighted by molar-refractivity contribution is -0.126. The van der Waals surface area contributed by atoms with Gasteiger partial charge in [0.1, 0.15) is 0 Å². The standard InChI is InChI=1S/C18H23N5O3S2/c24-17(19-11-16-20-21-18(27)23(16)14-8-9-14)13-5-4-10-22(12-13)28(25,26)15-6-2-1-3-7-15/h1-3,6-7,13-14H,4-5,8-12H2,(H,19,24)(H,21,27). The van der Waals surface area contributed by atoms with Crippen LogP contribution in [0.15, 0.2) is 35.2 Å². The van der Waals surface area contributed by atoms with Crippen molar-refractivity contribution in [2.45, 2.75) is 43.2 Å². The molecular formula is C18H23N5O3S2. The highest BCUT2D eigenvalue weighted by Crippen LogP contribution is 2.35. The fraction of sp³-hybridized carbons (Fsp3) is 0.500. The zero-order valence-corrected chi connectivity index (χ0v) is 17.0. The molecule has 28 heavy (non-hydrogen) atoms. The van der Waals surface area contributed by atoms with E-state index >= 15 is 0 Å². The summed E-state index contributed by atoms with van der Waals surface area (Å²) in [5.41, 5.74) is 0. The molecule has 1 amide bonds. The van der Waals surface area contributed by atoms with Gasteiger partial charge in [-0.05, 0) is 50.0 Å². The summed E-state index contributed by atoms with van der Waals surface area (Å²) in [7, 11) is -3.58. The summed E-state index contributed by atoms with van der Waals surface area (Å²) in [5, 5.41) is 9.90. The topological polar surface area (TPSA) is 100 Å². The number of aromatic nitrogens is 3. The van der Waals surface area contributed by atoms with Gasteiger partial charge in [0.25, 0.3) is 0 Å². The van der Waals surface area contributed by atoms with Crippen LogP contribution in [-0.2, 0) is 21.4 Å². The van der Waals surface area contributed by atoms with Gasteiger partial charge in [-0.2, -0.15) is 9.40 Å². The average molecular weight is 422 g/mol. The molecule has 10 heteroatoms. The van der Waals surface area contributed by atoms with Crippen molar-refractivity contribution in [2.75, 3.05) is 13.1 Å². The first-order valence-corrected chi connectivity index (χ1v) is 11.3. The van der Waals surface area contributed by atoms with Crippen molar-refractivity contribution < 1.29 is 13.2 Å². The SMILES string of the molecule is O=C(NCc1n[nH]c(=S)n1C1CC1)C1CCCN(S(=O)(=O)c2ccccc2)C1. The predicted octanol–water partition coefficient (Wildman–Crippen LogP) is 1.99. The second kappa shape index (κ2) is 7.76. The minimum atomic E-state index is -3.58. The minimum Gasteiger partial charge on any atom is -0.349 e. The smallest absolute Gasteiger partial charge is 0.243 e. The Morgan fingerprint density at radius 3 is 2.71 bits per heavy atom. The first-order chi connectivity index (χ1) is 13.5. The molecule has 2 aromatic rings. The summed E-state index contributed by atoms with van der Waals surface area (Å²) < 4.78 is 29.6. The molecule has 1 atom stereocenters. The largest absolute Gasteiger partial charge is 0.349 e. The maximum atomic E-state index is 12.8. The fourth-order valence-corrected chi connectivity index (χ4v) is 5.44. The molecule has 4 rings (SSSR count). The number of hydrogen-bond acceptors (Lipinski definition) is 5. The maximum absolute atomic E-state index is 12.8. The molecule has 2 aliphatic rings. The van der Waals surface area contributed by atoms with Crippen molar-refractivity contribution in [1.82, 2.24) is 24.4 Å². The number of H-pyrrole nitrogens is 1. The van der Waals surface area contributed by atoms with Crippen LogP contribution in [0.4, 0.5) is 0 Å². The van der Waals surface area contributed by atoms with Gasteiger partial charge in [0.05, 0.1) is 17.4 Å². The summed E-state index contributed by atoms with van der Waals surface area (Å²) in [5.74, 6) is 0.193. The number of amides is 1. The Bertz CT molecular complexity index is 1010. The first kappa shape index (κ1) is 19.3. The van der Waals surface area contributed by atoms with Gasteiger partial charge < -0.3 is 5.32 Å². The van der Waals surface area contributed by atoms with E-state index in [4.69, 9.17) is 12.2 Å². The Balaban J connectivity index is 1.41. The van der Waals surface area contributed by atoms with Gasteiger partial charge in [0, 0.05) is 19.1 Å². The van der Waals surface area contributed by atoms with E-state index in [9.17, 15) is 13.2 Å². The van der Waals surface area contributed by atoms with Crippen LogP contribution in [-0.4, -0.2) is 46.5 Å². The molecule has 150 valence electrons. The van der Waals surface area contributed by atoms with E-state index in [1.807, 2.05) is 4.57 Å². The van der Waals surface area contributed by atoms with Gasteiger partial charge in [0.15, 0.2) is 10.6 Å². The molecule has 1 aromatic heterocycles. The van der Waals surface area contributed by atoms with Crippen molar-refractivity contribution in [2.24, 2.45) is 5.92 Å². The van der Waals surface area contributed by atoms with Crippen molar-refractivity contribution in [3.05, 3.63) is 40.9 Å². The van der Waals surface area contributed by atoms with Crippen LogP contribution in [0.2, 0.25) is 0 Å². The molecule has 1 unspecified atom stereocenters. The highest BCUT2D eigenvalue weighted by molar-refractivity contribution is 7.89. The highest BCUT2D eigenvalue weighted by atomic mass is 32.2. The number of aromatic amines is 1. The summed E-state index contributed by atoms with van der Waals surface area (Å²) in [4.78, 5) is 12.9. The number of piperidine rings is 1. The van der Waals surface area contributed by atoms with Crippen LogP contribution in [0.25, 0.3) is 0 Å². The molecular weight excluding hydrogens is 398 g/mol. The quantitative estimate of drug-likeness (QED) is 0.695. The molecule has 2 N–H and O–H groups in total. The zero-order chi connectivity index (χ0) is 19.7. The summed E-state index contributed by atoms with van der Waals surface area (Å²) in [6, 6.07) is 8.72. The van der Waals surface area contributed by atoms with Gasteiger partial charge in [-0.1, -0.05) is 18.2 Å². The minimum absolute atomic E-state index is 0.149. The van der Waals surface area contributed by atoms with Crippen LogP contribution in [0.1, 0.15) is 37.5 Å². The van der Waals surface area contributed by atoms with E-state index in [-0.39, 0.29) is 29.8 Å². The average Bonchev–Trinajstić information content (AvgIpc) is 3.49. The summed E-state index contributed by atoms with van der Waals surface area (Å²) in [6.07, 6.45) is 3.47. The van der Waals surface area contributed by atoms with Crippen LogP contribution < -0.4 is 5.32 Å². The Kier molecular flexibility index (Phi) is 5.35. The molecule has 0 bridgehead atoms. The lowest BCUT2D eigenvalue weighted by Crippen LogP contribution is -2.45. The third-order valence-corrected chi connectivity index (χ3v) is 7.41. The second-order valence-corrected chi connectivity index (χ2v) is 9.60. The van der Waals surface area contributed by atoms with Gasteiger partial charge >= 0.3 is 0 Å². The number of benzene rings is 1. The van der Waals surface area contributed by atoms with Crippen LogP contribution in [0.3, 0.4) is 0 Å². The van der Waals surface area contributed by atoms with E-state index in [0.29, 0.717) is 36.0 Å². The summed E-state index contributed by atoms with van der Waals surface area (Å²) >= 11 is 5.26. The molecule has 1 saturated heterocycles. The Morgan fingerprint density at radius 2 is 2.00 bits per heavy atom. The first-order valence-electron chi connectivity index (χ1n) is 9.45. The highest BCUT2D eigenvalue weighted by Gasteiger charge is 2.33. The Morgan fingerprint density at radius 1 is 1.25 bits per heavy atom. The van der Waals surface area contributed by atoms with Crippen molar-refractivity contribution in [3.63, 3.8) is 0 Å². The zero-order valence-electron chi connectivity index (χ0n) is 15.4. The molecule has 0 radical (unpaired) electrons. The number of nitrogens with one attached hydrogen (secondary N) is 2. The molecule has 0 spiro atoms. The van der Waals surface area contributed by atoms with Crippen molar-refractivity contribution in [1.29, 1.82) is 0 Å². The van der Waals surface area contributed by atoms with Gasteiger partial charge in [-0.25, -0.2) is 8.42 Å². The van der Waals surface area contributed by atoms with Gasteiger partial charge in [-0.15, -0.1) is 0 Å². The molecule has 1 saturated carbocycles. The van der Waals surface area contributed by atoms with Crippen LogP contribution in [0, 0.1) is 10.7 Å². The van der Waals surface area contributed by atoms with E-state index in [0.717, 1.165) is 12.8 Å². The van der Waals surface area contributed by atoms with Crippen molar-refractivity contribution >= 4 is 28.1 Å². The van der Waals surface area contributed by atoms with E-state index < -0.39 is 10.0 Å². The third kappa shape index (κ3) is 3.89. The third-order valence-electron chi connectivity index (χ3n) is 5.25. The number of hydrogen-bond donors (Lipinski definition) is 2. The van der Waals surface area contributed by atoms with Gasteiger partial charge in [0.2, 0.25) is 15.9 Å². The molecule has 1 aromatic carbocycles. The number of carbonyl (C=O) groups excluding carboxylic acids is 1. The molecule has 8 nitrogen and oxygen atoms in total. The molecule has 1 aliphatic carbocycles. The number of sulfonamides is 1. The number of rotatable bonds is 6. The monoisotopic (exact) mass is 421 g/mol. The fourth-order valence-electron chi connectivity index (χ4n) is 3.60. The molecule has 1 aliphatic heterocycles. The van der Waals surface area contributed by atoms with Crippen LogP contribution >= 0.6 is 12.2 Å². The maximum Gasteiger partial charge on any atom is 0.243 e. The second-order valence-electron chi connectivity index (χ2n) is 7.28. The normalized spacial score (nSPS) is 20.8. The lowest BCUT2D eigenvalue weighted by Gasteiger charge is -2.31. The van der Waals surface area contributed by atoms with E-state index in [2.05, 4.69) is 15.5 Å². The Hall–Kier alpha value is -2.04. The summed E-state index contributed by atoms with van der Waals surface area (Å²) in [6.45, 7) is 0.907. The van der Waals surface area contributed by atoms with Crippen LogP contribution in [0.5, 0.6) is 0 Å². The van der Waals surface area contributed by atoms with Crippen molar-refractivity contribution in [3.8, 4) is 0 Å². The number of nitrogens with zero attached hydrogens (tertiary/aromatic N) is 3. The van der Waals surface area contributed by atoms with E-state index in [1.54, 1.807) is 30.3 Å². The number of carbonyl (C=O) groups is 1. The molecule has 2 fully saturated rings. The van der Waals surface area contributed by atoms with E-state index in [1.165, 1.54) is 4.31 Å². The van der Waals surface area contributed by atoms with Gasteiger partial charge in [-0.3, -0.25) is 14.5 Å². The molecule has 2 heterocycles. The lowest BCUT2D eigenvalue weighted by atomic mass is 9.99.